The highest BCUT2D eigenvalue weighted by Crippen LogP contribution is 2.67. The summed E-state index contributed by atoms with van der Waals surface area (Å²) in [5.41, 5.74) is -0.743. The predicted octanol–water partition coefficient (Wildman–Crippen LogP) is 4.59. The largest absolute Gasteiger partial charge is 0.427 e. The van der Waals surface area contributed by atoms with E-state index in [0.29, 0.717) is 18.8 Å². The first-order chi connectivity index (χ1) is 10.5. The van der Waals surface area contributed by atoms with Gasteiger partial charge < -0.3 is 14.2 Å². The molecule has 1 aliphatic carbocycles. The molecule has 3 saturated heterocycles. The van der Waals surface area contributed by atoms with Crippen LogP contribution in [0.1, 0.15) is 46.5 Å². The monoisotopic (exact) mass is 398 g/mol. The molecule has 0 radical (unpaired) electrons. The van der Waals surface area contributed by atoms with Crippen molar-refractivity contribution >= 4 is 15.9 Å². The van der Waals surface area contributed by atoms with Crippen LogP contribution in [0.4, 0.5) is 13.2 Å². The van der Waals surface area contributed by atoms with E-state index in [2.05, 4.69) is 22.9 Å². The summed E-state index contributed by atoms with van der Waals surface area (Å²) in [6, 6.07) is 0. The number of rotatable bonds is 0. The Hall–Kier alpha value is 0.150. The zero-order chi connectivity index (χ0) is 16.8. The van der Waals surface area contributed by atoms with E-state index in [1.54, 1.807) is 6.92 Å². The van der Waals surface area contributed by atoms with Crippen molar-refractivity contribution in [1.82, 2.24) is 0 Å². The molecule has 7 heteroatoms. The molecular formula is C16H22BrF3O3. The van der Waals surface area contributed by atoms with E-state index >= 15 is 0 Å². The van der Waals surface area contributed by atoms with Crippen LogP contribution in [-0.2, 0) is 14.2 Å². The molecule has 4 aliphatic rings. The number of alkyl halides is 4. The lowest BCUT2D eigenvalue weighted by Gasteiger charge is -2.60. The van der Waals surface area contributed by atoms with Crippen molar-refractivity contribution in [1.29, 1.82) is 0 Å². The Morgan fingerprint density at radius 2 is 1.74 bits per heavy atom. The molecule has 0 aromatic carbocycles. The molecule has 8 unspecified atom stereocenters. The summed E-state index contributed by atoms with van der Waals surface area (Å²) in [5.74, 6) is -1.21. The average Bonchev–Trinajstić information content (AvgIpc) is 2.64. The van der Waals surface area contributed by atoms with Gasteiger partial charge in [0.25, 0.3) is 0 Å². The van der Waals surface area contributed by atoms with Crippen LogP contribution in [0.2, 0.25) is 0 Å². The molecule has 0 amide bonds. The summed E-state index contributed by atoms with van der Waals surface area (Å²) in [7, 11) is 0. The standard InChI is InChI=1S/C16H22BrF3O3/c1-8-4-5-11-9(2)15(17,16(18,19)20)22-12-14(11)10(8)6-7-13(3,21-12)23-14/h8-12H,4-7H2,1-3H3. The number of hydrogen-bond acceptors (Lipinski definition) is 3. The fraction of sp³-hybridized carbons (Fsp3) is 1.00. The Morgan fingerprint density at radius 1 is 1.04 bits per heavy atom. The molecule has 0 N–H and O–H groups in total. The molecule has 8 atom stereocenters. The van der Waals surface area contributed by atoms with Crippen LogP contribution in [0.15, 0.2) is 0 Å². The highest BCUT2D eigenvalue weighted by molar-refractivity contribution is 9.10. The van der Waals surface area contributed by atoms with E-state index in [1.807, 2.05) is 6.92 Å². The van der Waals surface area contributed by atoms with Crippen molar-refractivity contribution in [3.05, 3.63) is 0 Å². The summed E-state index contributed by atoms with van der Waals surface area (Å²) in [5, 5.41) is 0. The smallest absolute Gasteiger partial charge is 0.338 e. The quantitative estimate of drug-likeness (QED) is 0.558. The summed E-state index contributed by atoms with van der Waals surface area (Å²) in [6.07, 6.45) is -2.22. The van der Waals surface area contributed by atoms with Gasteiger partial charge in [-0.1, -0.05) is 13.8 Å². The SMILES string of the molecule is CC1CCC2C(C)C(Br)(C(F)(F)F)OC3OC4(C)CCC1C32O4. The molecule has 4 rings (SSSR count). The lowest BCUT2D eigenvalue weighted by Crippen LogP contribution is -2.70. The minimum atomic E-state index is -4.51. The second-order valence-electron chi connectivity index (χ2n) is 7.89. The predicted molar refractivity (Wildman–Crippen MR) is 79.7 cm³/mol. The highest BCUT2D eigenvalue weighted by atomic mass is 79.9. The van der Waals surface area contributed by atoms with Gasteiger partial charge in [-0.05, 0) is 59.9 Å². The van der Waals surface area contributed by atoms with Crippen LogP contribution in [0.5, 0.6) is 0 Å². The van der Waals surface area contributed by atoms with E-state index in [4.69, 9.17) is 14.2 Å². The number of halogens is 4. The van der Waals surface area contributed by atoms with Gasteiger partial charge in [-0.3, -0.25) is 0 Å². The molecule has 4 fully saturated rings. The van der Waals surface area contributed by atoms with Gasteiger partial charge in [0.1, 0.15) is 5.60 Å². The van der Waals surface area contributed by atoms with E-state index in [0.717, 1.165) is 12.8 Å². The molecule has 132 valence electrons. The molecule has 23 heavy (non-hydrogen) atoms. The maximum atomic E-state index is 13.7. The highest BCUT2D eigenvalue weighted by Gasteiger charge is 2.77. The summed E-state index contributed by atoms with van der Waals surface area (Å²) >= 11 is 2.89. The molecule has 3 heterocycles. The van der Waals surface area contributed by atoms with Gasteiger partial charge in [0.15, 0.2) is 12.1 Å². The molecular weight excluding hydrogens is 377 g/mol. The zero-order valence-corrected chi connectivity index (χ0v) is 15.0. The second kappa shape index (κ2) is 4.65. The van der Waals surface area contributed by atoms with Crippen LogP contribution in [-0.4, -0.2) is 28.4 Å². The summed E-state index contributed by atoms with van der Waals surface area (Å²) < 4.78 is 56.6. The van der Waals surface area contributed by atoms with Crippen LogP contribution in [0.25, 0.3) is 0 Å². The van der Waals surface area contributed by atoms with Crippen molar-refractivity contribution in [2.75, 3.05) is 0 Å². The second-order valence-corrected chi connectivity index (χ2v) is 9.07. The van der Waals surface area contributed by atoms with Crippen LogP contribution in [0.3, 0.4) is 0 Å². The van der Waals surface area contributed by atoms with Gasteiger partial charge in [-0.2, -0.15) is 13.2 Å². The number of ether oxygens (including phenoxy) is 3. The Kier molecular flexibility index (Phi) is 3.36. The van der Waals surface area contributed by atoms with Gasteiger partial charge in [0.2, 0.25) is 4.51 Å². The maximum absolute atomic E-state index is 13.7. The molecule has 3 aliphatic heterocycles. The third-order valence-electron chi connectivity index (χ3n) is 6.66. The van der Waals surface area contributed by atoms with Crippen LogP contribution >= 0.6 is 15.9 Å². The van der Waals surface area contributed by atoms with Crippen molar-refractivity contribution in [3.8, 4) is 0 Å². The normalized spacial score (nSPS) is 58.8. The lowest BCUT2D eigenvalue weighted by molar-refractivity contribution is -0.353. The first kappa shape index (κ1) is 16.6. The molecule has 2 bridgehead atoms. The Balaban J connectivity index is 1.82. The zero-order valence-electron chi connectivity index (χ0n) is 13.5. The average molecular weight is 399 g/mol. The summed E-state index contributed by atoms with van der Waals surface area (Å²) in [4.78, 5) is 0. The van der Waals surface area contributed by atoms with Gasteiger partial charge in [-0.25, -0.2) is 0 Å². The van der Waals surface area contributed by atoms with Gasteiger partial charge >= 0.3 is 6.18 Å². The fourth-order valence-electron chi connectivity index (χ4n) is 5.50. The molecule has 0 aromatic rings. The topological polar surface area (TPSA) is 27.7 Å². The Bertz CT molecular complexity index is 529. The van der Waals surface area contributed by atoms with Crippen molar-refractivity contribution < 1.29 is 27.4 Å². The van der Waals surface area contributed by atoms with E-state index in [-0.39, 0.29) is 11.8 Å². The molecule has 3 nitrogen and oxygen atoms in total. The van der Waals surface area contributed by atoms with Gasteiger partial charge in [-0.15, -0.1) is 0 Å². The third-order valence-corrected chi connectivity index (χ3v) is 8.02. The summed E-state index contributed by atoms with van der Waals surface area (Å²) in [6.45, 7) is 5.62. The molecule has 1 saturated carbocycles. The molecule has 1 spiro atoms. The minimum absolute atomic E-state index is 0.189. The van der Waals surface area contributed by atoms with Gasteiger partial charge in [0.05, 0.1) is 0 Å². The first-order valence-electron chi connectivity index (χ1n) is 8.35. The van der Waals surface area contributed by atoms with Crippen molar-refractivity contribution in [3.63, 3.8) is 0 Å². The lowest BCUT2D eigenvalue weighted by atomic mass is 9.56. The molecule has 0 aromatic heterocycles. The van der Waals surface area contributed by atoms with E-state index < -0.39 is 34.3 Å². The Labute approximate surface area is 142 Å². The van der Waals surface area contributed by atoms with E-state index in [9.17, 15) is 13.2 Å². The Morgan fingerprint density at radius 3 is 2.39 bits per heavy atom. The third kappa shape index (κ3) is 1.94. The first-order valence-corrected chi connectivity index (χ1v) is 9.14. The van der Waals surface area contributed by atoms with Crippen molar-refractivity contribution in [2.24, 2.45) is 23.7 Å². The number of fused-ring (bicyclic) bond motifs is 1. The maximum Gasteiger partial charge on any atom is 0.427 e. The van der Waals surface area contributed by atoms with Gasteiger partial charge in [0, 0.05) is 12.3 Å². The fourth-order valence-corrected chi connectivity index (χ4v) is 5.98. The van der Waals surface area contributed by atoms with Crippen LogP contribution in [0, 0.1) is 23.7 Å². The number of hydrogen-bond donors (Lipinski definition) is 0. The van der Waals surface area contributed by atoms with Crippen LogP contribution < -0.4 is 0 Å². The van der Waals surface area contributed by atoms with E-state index in [1.165, 1.54) is 0 Å². The van der Waals surface area contributed by atoms with Crippen molar-refractivity contribution in [2.45, 2.75) is 74.8 Å². The minimum Gasteiger partial charge on any atom is -0.338 e.